The van der Waals surface area contributed by atoms with Crippen molar-refractivity contribution in [3.63, 3.8) is 0 Å². The van der Waals surface area contributed by atoms with E-state index in [1.807, 2.05) is 0 Å². The van der Waals surface area contributed by atoms with Crippen LogP contribution in [0.3, 0.4) is 0 Å². The number of carbonyl (C=O) groups excluding carboxylic acids is 2. The first-order chi connectivity index (χ1) is 15.2. The van der Waals surface area contributed by atoms with Crippen molar-refractivity contribution in [2.24, 2.45) is 5.73 Å². The largest absolute Gasteiger partial charge is 0.481 e. The molecule has 0 saturated carbocycles. The number of amides is 2. The van der Waals surface area contributed by atoms with Gasteiger partial charge in [-0.1, -0.05) is 0 Å². The third-order valence-electron chi connectivity index (χ3n) is 3.93. The molecular formula is C19H35N3O10. The van der Waals surface area contributed by atoms with Crippen LogP contribution in [-0.4, -0.2) is 118 Å². The fourth-order valence-corrected chi connectivity index (χ4v) is 2.19. The van der Waals surface area contributed by atoms with E-state index in [1.165, 1.54) is 7.05 Å². The number of ether oxygens (including phenoxy) is 4. The number of hydrogen-bond acceptors (Lipinski definition) is 9. The van der Waals surface area contributed by atoms with Crippen molar-refractivity contribution in [1.29, 1.82) is 0 Å². The third-order valence-corrected chi connectivity index (χ3v) is 3.93. The molecule has 0 aliphatic carbocycles. The molecule has 0 aliphatic rings. The van der Waals surface area contributed by atoms with Gasteiger partial charge in [0.2, 0.25) is 11.8 Å². The number of carboxylic acids is 2. The van der Waals surface area contributed by atoms with Gasteiger partial charge in [-0.15, -0.1) is 0 Å². The maximum atomic E-state index is 11.9. The summed E-state index contributed by atoms with van der Waals surface area (Å²) in [6, 6.07) is -0.872. The molecule has 0 aromatic heterocycles. The first kappa shape index (κ1) is 29.7. The molecule has 0 heterocycles. The van der Waals surface area contributed by atoms with Crippen LogP contribution in [0.25, 0.3) is 0 Å². The third kappa shape index (κ3) is 18.4. The zero-order valence-electron chi connectivity index (χ0n) is 18.5. The van der Waals surface area contributed by atoms with Gasteiger partial charge in [-0.3, -0.25) is 19.2 Å². The Morgan fingerprint density at radius 2 is 1.31 bits per heavy atom. The van der Waals surface area contributed by atoms with Crippen LogP contribution in [0.5, 0.6) is 0 Å². The van der Waals surface area contributed by atoms with Gasteiger partial charge >= 0.3 is 11.9 Å². The minimum absolute atomic E-state index is 0.0202. The topological polar surface area (TPSA) is 187 Å². The highest BCUT2D eigenvalue weighted by molar-refractivity contribution is 5.84. The predicted octanol–water partition coefficient (Wildman–Crippen LogP) is -1.71. The molecule has 32 heavy (non-hydrogen) atoms. The molecule has 13 nitrogen and oxygen atoms in total. The van der Waals surface area contributed by atoms with Crippen LogP contribution < -0.4 is 11.1 Å². The molecule has 0 aliphatic heterocycles. The molecule has 0 spiro atoms. The number of hydrogen-bond donors (Lipinski definition) is 4. The Morgan fingerprint density at radius 3 is 1.81 bits per heavy atom. The summed E-state index contributed by atoms with van der Waals surface area (Å²) >= 11 is 0. The highest BCUT2D eigenvalue weighted by Crippen LogP contribution is 1.99. The second kappa shape index (κ2) is 19.4. The van der Waals surface area contributed by atoms with E-state index in [4.69, 9.17) is 34.9 Å². The van der Waals surface area contributed by atoms with Gasteiger partial charge in [-0.25, -0.2) is 0 Å². The fourth-order valence-electron chi connectivity index (χ4n) is 2.19. The van der Waals surface area contributed by atoms with Crippen molar-refractivity contribution in [3.8, 4) is 0 Å². The Morgan fingerprint density at radius 1 is 0.812 bits per heavy atom. The smallest absolute Gasteiger partial charge is 0.323 e. The molecule has 2 amide bonds. The number of aliphatic carboxylic acids is 2. The van der Waals surface area contributed by atoms with E-state index in [0.717, 1.165) is 4.90 Å². The lowest BCUT2D eigenvalue weighted by molar-refractivity contribution is -0.143. The minimum atomic E-state index is -1.11. The van der Waals surface area contributed by atoms with Crippen molar-refractivity contribution in [3.05, 3.63) is 0 Å². The van der Waals surface area contributed by atoms with Gasteiger partial charge in [0.25, 0.3) is 0 Å². The van der Waals surface area contributed by atoms with Gasteiger partial charge in [-0.2, -0.15) is 0 Å². The molecule has 0 saturated heterocycles. The van der Waals surface area contributed by atoms with E-state index in [2.05, 4.69) is 5.32 Å². The van der Waals surface area contributed by atoms with Crippen LogP contribution >= 0.6 is 0 Å². The molecule has 0 radical (unpaired) electrons. The molecule has 1 unspecified atom stereocenters. The summed E-state index contributed by atoms with van der Waals surface area (Å²) in [4.78, 5) is 45.5. The summed E-state index contributed by atoms with van der Waals surface area (Å²) in [7, 11) is 1.37. The molecule has 5 N–H and O–H groups in total. The number of likely N-dealkylation sites (N-methyl/N-ethyl adjacent to an activating group) is 1. The van der Waals surface area contributed by atoms with Crippen molar-refractivity contribution >= 4 is 23.8 Å². The standard InChI is InChI=1S/C19H35N3O10/c1-22(14-18(26)27)16(23)3-2-15(20)19(28)21-5-7-30-9-11-32-13-12-31-10-8-29-6-4-17(24)25/h15H,2-14,20H2,1H3,(H,21,28)(H,24,25)(H,26,27). The van der Waals surface area contributed by atoms with E-state index in [9.17, 15) is 19.2 Å². The lowest BCUT2D eigenvalue weighted by Crippen LogP contribution is -2.42. The average molecular weight is 466 g/mol. The summed E-state index contributed by atoms with van der Waals surface area (Å²) in [6.45, 7) is 2.41. The van der Waals surface area contributed by atoms with E-state index in [1.54, 1.807) is 0 Å². The monoisotopic (exact) mass is 465 g/mol. The number of nitrogens with one attached hydrogen (secondary N) is 1. The number of carboxylic acid groups (broad SMARTS) is 2. The van der Waals surface area contributed by atoms with Gasteiger partial charge in [0.15, 0.2) is 0 Å². The van der Waals surface area contributed by atoms with E-state index in [0.29, 0.717) is 39.6 Å². The first-order valence-corrected chi connectivity index (χ1v) is 10.3. The summed E-state index contributed by atoms with van der Waals surface area (Å²) in [5.41, 5.74) is 5.73. The molecule has 0 aromatic rings. The summed E-state index contributed by atoms with van der Waals surface area (Å²) < 4.78 is 20.9. The van der Waals surface area contributed by atoms with Crippen LogP contribution in [0.15, 0.2) is 0 Å². The minimum Gasteiger partial charge on any atom is -0.481 e. The molecule has 0 aromatic carbocycles. The number of carbonyl (C=O) groups is 4. The zero-order chi connectivity index (χ0) is 24.2. The average Bonchev–Trinajstić information content (AvgIpc) is 2.73. The Bertz CT molecular complexity index is 561. The molecule has 1 atom stereocenters. The second-order valence-corrected chi connectivity index (χ2v) is 6.67. The van der Waals surface area contributed by atoms with Gasteiger partial charge in [0.1, 0.15) is 6.54 Å². The summed E-state index contributed by atoms with van der Waals surface area (Å²) in [6.07, 6.45) is 0.0577. The van der Waals surface area contributed by atoms with Crippen molar-refractivity contribution < 1.29 is 48.3 Å². The Balaban J connectivity index is 3.49. The Kier molecular flexibility index (Phi) is 18.0. The quantitative estimate of drug-likeness (QED) is 0.141. The molecule has 0 bridgehead atoms. The fraction of sp³-hybridized carbons (Fsp3) is 0.789. The van der Waals surface area contributed by atoms with Crippen LogP contribution in [0, 0.1) is 0 Å². The summed E-state index contributed by atoms with van der Waals surface area (Å²) in [5.74, 6) is -2.82. The molecule has 0 fully saturated rings. The number of nitrogens with zero attached hydrogens (tertiary/aromatic N) is 1. The van der Waals surface area contributed by atoms with Gasteiger partial charge in [0, 0.05) is 20.0 Å². The molecule has 13 heteroatoms. The Hall–Kier alpha value is -2.32. The van der Waals surface area contributed by atoms with Crippen molar-refractivity contribution in [1.82, 2.24) is 10.2 Å². The zero-order valence-corrected chi connectivity index (χ0v) is 18.5. The summed E-state index contributed by atoms with van der Waals surface area (Å²) in [5, 5.41) is 19.7. The van der Waals surface area contributed by atoms with Crippen LogP contribution in [0.4, 0.5) is 0 Å². The highest BCUT2D eigenvalue weighted by atomic mass is 16.6. The highest BCUT2D eigenvalue weighted by Gasteiger charge is 2.17. The molecule has 186 valence electrons. The van der Waals surface area contributed by atoms with Crippen molar-refractivity contribution in [2.45, 2.75) is 25.3 Å². The number of nitrogens with two attached hydrogens (primary N) is 1. The maximum Gasteiger partial charge on any atom is 0.323 e. The second-order valence-electron chi connectivity index (χ2n) is 6.67. The van der Waals surface area contributed by atoms with Crippen LogP contribution in [0.2, 0.25) is 0 Å². The van der Waals surface area contributed by atoms with Gasteiger partial charge in [-0.05, 0) is 6.42 Å². The number of rotatable bonds is 21. The van der Waals surface area contributed by atoms with Crippen LogP contribution in [-0.2, 0) is 38.1 Å². The van der Waals surface area contributed by atoms with Crippen LogP contribution in [0.1, 0.15) is 19.3 Å². The maximum absolute atomic E-state index is 11.9. The van der Waals surface area contributed by atoms with E-state index in [-0.39, 0.29) is 39.0 Å². The lowest BCUT2D eigenvalue weighted by atomic mass is 10.1. The van der Waals surface area contributed by atoms with Gasteiger partial charge in [0.05, 0.1) is 65.3 Å². The molecule has 0 rings (SSSR count). The van der Waals surface area contributed by atoms with E-state index < -0.39 is 36.3 Å². The SMILES string of the molecule is CN(CC(=O)O)C(=O)CCC(N)C(=O)NCCOCCOCCOCCOCCC(=O)O. The normalized spacial score (nSPS) is 11.7. The van der Waals surface area contributed by atoms with Gasteiger partial charge < -0.3 is 45.1 Å². The Labute approximate surface area is 187 Å². The first-order valence-electron chi connectivity index (χ1n) is 10.3. The molecular weight excluding hydrogens is 430 g/mol. The van der Waals surface area contributed by atoms with E-state index >= 15 is 0 Å². The lowest BCUT2D eigenvalue weighted by Gasteiger charge is -2.16. The predicted molar refractivity (Wildman–Crippen MR) is 111 cm³/mol. The van der Waals surface area contributed by atoms with Crippen molar-refractivity contribution in [2.75, 3.05) is 73.0 Å².